The molecule has 1 atom stereocenters. The molecule has 0 aliphatic rings. The van der Waals surface area contributed by atoms with Crippen LogP contribution in [0.25, 0.3) is 0 Å². The molecule has 0 rings (SSSR count). The van der Waals surface area contributed by atoms with Crippen molar-refractivity contribution in [2.75, 3.05) is 7.11 Å². The van der Waals surface area contributed by atoms with E-state index in [4.69, 9.17) is 9.84 Å². The molecule has 0 aromatic rings. The lowest BCUT2D eigenvalue weighted by Gasteiger charge is -2.21. The molecule has 0 aliphatic carbocycles. The van der Waals surface area contributed by atoms with E-state index >= 15 is 0 Å². The molecule has 0 fully saturated rings. The van der Waals surface area contributed by atoms with Gasteiger partial charge in [-0.05, 0) is 20.8 Å². The van der Waals surface area contributed by atoms with Gasteiger partial charge < -0.3 is 19.9 Å². The zero-order chi connectivity index (χ0) is 13.6. The lowest BCUT2D eigenvalue weighted by atomic mass is 10.1. The van der Waals surface area contributed by atoms with Gasteiger partial charge in [-0.1, -0.05) is 0 Å². The summed E-state index contributed by atoms with van der Waals surface area (Å²) in [4.78, 5) is 33.0. The number of carbonyl (C=O) groups excluding carboxylic acids is 2. The van der Waals surface area contributed by atoms with Crippen LogP contribution in [0.5, 0.6) is 0 Å². The number of hydrogen-bond acceptors (Lipinski definition) is 5. The Morgan fingerprint density at radius 1 is 1.29 bits per heavy atom. The number of hydrogen-bond donors (Lipinski definition) is 2. The van der Waals surface area contributed by atoms with Crippen LogP contribution >= 0.6 is 0 Å². The molecule has 0 spiro atoms. The van der Waals surface area contributed by atoms with E-state index in [9.17, 15) is 14.4 Å². The lowest BCUT2D eigenvalue weighted by Crippen LogP contribution is -2.43. The van der Waals surface area contributed by atoms with Crippen molar-refractivity contribution in [1.29, 1.82) is 0 Å². The number of methoxy groups -OCH3 is 1. The zero-order valence-corrected chi connectivity index (χ0v) is 10.3. The van der Waals surface area contributed by atoms with E-state index in [0.717, 1.165) is 7.11 Å². The minimum absolute atomic E-state index is 0.457. The summed E-state index contributed by atoms with van der Waals surface area (Å²) in [5, 5.41) is 10.8. The molecule has 2 N–H and O–H groups in total. The summed E-state index contributed by atoms with van der Waals surface area (Å²) < 4.78 is 9.19. The first-order chi connectivity index (χ1) is 7.65. The average Bonchev–Trinajstić information content (AvgIpc) is 2.13. The third kappa shape index (κ3) is 7.15. The van der Waals surface area contributed by atoms with Gasteiger partial charge >= 0.3 is 18.0 Å². The van der Waals surface area contributed by atoms with Gasteiger partial charge in [-0.2, -0.15) is 0 Å². The van der Waals surface area contributed by atoms with Crippen LogP contribution in [-0.4, -0.2) is 41.9 Å². The second-order valence-electron chi connectivity index (χ2n) is 4.32. The molecule has 98 valence electrons. The standard InChI is InChI=1S/C10H17NO6/c1-10(2,3)17-7(12)5-6(8(13)14)11-9(15)16-4/h6H,5H2,1-4H3,(H,11,15)(H,13,14)/t6-/m0/s1. The van der Waals surface area contributed by atoms with Gasteiger partial charge in [-0.15, -0.1) is 0 Å². The lowest BCUT2D eigenvalue weighted by molar-refractivity contribution is -0.158. The first-order valence-electron chi connectivity index (χ1n) is 4.95. The molecule has 0 aromatic carbocycles. The highest BCUT2D eigenvalue weighted by atomic mass is 16.6. The van der Waals surface area contributed by atoms with Crippen molar-refractivity contribution in [3.05, 3.63) is 0 Å². The Morgan fingerprint density at radius 3 is 2.18 bits per heavy atom. The van der Waals surface area contributed by atoms with Crippen LogP contribution < -0.4 is 5.32 Å². The van der Waals surface area contributed by atoms with E-state index in [2.05, 4.69) is 4.74 Å². The van der Waals surface area contributed by atoms with E-state index < -0.39 is 36.1 Å². The average molecular weight is 247 g/mol. The fourth-order valence-corrected chi connectivity index (χ4v) is 0.951. The molecule has 0 unspecified atom stereocenters. The highest BCUT2D eigenvalue weighted by Crippen LogP contribution is 2.09. The number of carboxylic acids is 1. The van der Waals surface area contributed by atoms with Gasteiger partial charge in [0.05, 0.1) is 13.5 Å². The molecule has 17 heavy (non-hydrogen) atoms. The fraction of sp³-hybridized carbons (Fsp3) is 0.700. The van der Waals surface area contributed by atoms with Crippen molar-refractivity contribution in [1.82, 2.24) is 5.32 Å². The number of alkyl carbamates (subject to hydrolysis) is 1. The Labute approximate surface area is 99.1 Å². The third-order valence-corrected chi connectivity index (χ3v) is 1.57. The Balaban J connectivity index is 4.41. The van der Waals surface area contributed by atoms with Gasteiger partial charge in [0.15, 0.2) is 0 Å². The highest BCUT2D eigenvalue weighted by molar-refractivity contribution is 5.85. The maximum absolute atomic E-state index is 11.4. The summed E-state index contributed by atoms with van der Waals surface area (Å²) in [5.74, 6) is -2.04. The fourth-order valence-electron chi connectivity index (χ4n) is 0.951. The second-order valence-corrected chi connectivity index (χ2v) is 4.32. The molecule has 0 saturated carbocycles. The first kappa shape index (κ1) is 15.2. The molecule has 7 nitrogen and oxygen atoms in total. The number of aliphatic carboxylic acids is 1. The van der Waals surface area contributed by atoms with Gasteiger partial charge in [0, 0.05) is 0 Å². The third-order valence-electron chi connectivity index (χ3n) is 1.57. The number of rotatable bonds is 4. The molecule has 0 radical (unpaired) electrons. The maximum atomic E-state index is 11.4. The summed E-state index contributed by atoms with van der Waals surface area (Å²) in [6.07, 6.45) is -1.37. The second kappa shape index (κ2) is 6.07. The number of nitrogens with one attached hydrogen (secondary N) is 1. The summed E-state index contributed by atoms with van der Waals surface area (Å²) in [7, 11) is 1.10. The van der Waals surface area contributed by atoms with Gasteiger partial charge in [-0.25, -0.2) is 9.59 Å². The predicted octanol–water partition coefficient (Wildman–Crippen LogP) is 0.527. The van der Waals surface area contributed by atoms with E-state index in [1.165, 1.54) is 0 Å². The largest absolute Gasteiger partial charge is 0.480 e. The smallest absolute Gasteiger partial charge is 0.407 e. The Morgan fingerprint density at radius 2 is 1.82 bits per heavy atom. The van der Waals surface area contributed by atoms with Crippen molar-refractivity contribution >= 4 is 18.0 Å². The summed E-state index contributed by atoms with van der Waals surface area (Å²) in [5.41, 5.74) is -0.703. The Kier molecular flexibility index (Phi) is 5.43. The number of amides is 1. The summed E-state index contributed by atoms with van der Waals surface area (Å²) in [6.45, 7) is 4.98. The van der Waals surface area contributed by atoms with Crippen molar-refractivity contribution in [2.24, 2.45) is 0 Å². The van der Waals surface area contributed by atoms with Crippen molar-refractivity contribution in [3.63, 3.8) is 0 Å². The first-order valence-corrected chi connectivity index (χ1v) is 4.95. The van der Waals surface area contributed by atoms with Crippen molar-refractivity contribution < 1.29 is 29.0 Å². The number of carbonyl (C=O) groups is 3. The maximum Gasteiger partial charge on any atom is 0.407 e. The van der Waals surface area contributed by atoms with E-state index in [-0.39, 0.29) is 0 Å². The van der Waals surface area contributed by atoms with Crippen LogP contribution in [0, 0.1) is 0 Å². The normalized spacial score (nSPS) is 12.5. The van der Waals surface area contributed by atoms with E-state index in [0.29, 0.717) is 0 Å². The van der Waals surface area contributed by atoms with Crippen LogP contribution in [0.2, 0.25) is 0 Å². The summed E-state index contributed by atoms with van der Waals surface area (Å²) in [6, 6.07) is -1.36. The van der Waals surface area contributed by atoms with Crippen LogP contribution in [-0.2, 0) is 19.1 Å². The highest BCUT2D eigenvalue weighted by Gasteiger charge is 2.26. The van der Waals surface area contributed by atoms with Crippen LogP contribution in [0.15, 0.2) is 0 Å². The quantitative estimate of drug-likeness (QED) is 0.702. The van der Waals surface area contributed by atoms with Crippen LogP contribution in [0.1, 0.15) is 27.2 Å². The number of carboxylic acid groups (broad SMARTS) is 1. The topological polar surface area (TPSA) is 102 Å². The van der Waals surface area contributed by atoms with Gasteiger partial charge in [-0.3, -0.25) is 4.79 Å². The van der Waals surface area contributed by atoms with Gasteiger partial charge in [0.2, 0.25) is 0 Å². The molecule has 0 heterocycles. The molecule has 0 saturated heterocycles. The molecule has 0 bridgehead atoms. The van der Waals surface area contributed by atoms with Gasteiger partial charge in [0.1, 0.15) is 11.6 Å². The monoisotopic (exact) mass is 247 g/mol. The molecule has 1 amide bonds. The van der Waals surface area contributed by atoms with Crippen LogP contribution in [0.4, 0.5) is 4.79 Å². The zero-order valence-electron chi connectivity index (χ0n) is 10.3. The SMILES string of the molecule is COC(=O)N[C@@H](CC(=O)OC(C)(C)C)C(=O)O. The molecular formula is C10H17NO6. The molecule has 7 heteroatoms. The summed E-state index contributed by atoms with van der Waals surface area (Å²) >= 11 is 0. The van der Waals surface area contributed by atoms with Gasteiger partial charge in [0.25, 0.3) is 0 Å². The van der Waals surface area contributed by atoms with E-state index in [1.807, 2.05) is 5.32 Å². The molecule has 0 aromatic heterocycles. The number of esters is 1. The minimum Gasteiger partial charge on any atom is -0.480 e. The Hall–Kier alpha value is -1.79. The minimum atomic E-state index is -1.36. The molecule has 0 aliphatic heterocycles. The van der Waals surface area contributed by atoms with Crippen molar-refractivity contribution in [2.45, 2.75) is 38.8 Å². The van der Waals surface area contributed by atoms with Crippen LogP contribution in [0.3, 0.4) is 0 Å². The predicted molar refractivity (Wildman–Crippen MR) is 57.4 cm³/mol. The van der Waals surface area contributed by atoms with E-state index in [1.54, 1.807) is 20.8 Å². The number of ether oxygens (including phenoxy) is 2. The van der Waals surface area contributed by atoms with Crippen molar-refractivity contribution in [3.8, 4) is 0 Å². The Bertz CT molecular complexity index is 306. The molecular weight excluding hydrogens is 230 g/mol.